The Bertz CT molecular complexity index is 1230. The van der Waals surface area contributed by atoms with Gasteiger partial charge in [-0.25, -0.2) is 14.6 Å². The maximum Gasteiger partial charge on any atom is 0.338 e. The Kier molecular flexibility index (Phi) is 7.42. The lowest BCUT2D eigenvalue weighted by molar-refractivity contribution is -0.143. The summed E-state index contributed by atoms with van der Waals surface area (Å²) in [4.78, 5) is 32.6. The number of amidine groups is 1. The average Bonchev–Trinajstić information content (AvgIpc) is 2.83. The molecule has 0 radical (unpaired) electrons. The van der Waals surface area contributed by atoms with Gasteiger partial charge in [0, 0.05) is 23.7 Å². The van der Waals surface area contributed by atoms with Gasteiger partial charge in [0.1, 0.15) is 0 Å². The number of allylic oxidation sites excluding steroid dienone is 1. The molecule has 2 aromatic carbocycles. The van der Waals surface area contributed by atoms with Crippen LogP contribution >= 0.6 is 11.8 Å². The van der Waals surface area contributed by atoms with Crippen LogP contribution in [0.3, 0.4) is 0 Å². The zero-order chi connectivity index (χ0) is 24.9. The fraction of sp³-hybridized carbons (Fsp3) is 0.308. The van der Waals surface area contributed by atoms with Crippen LogP contribution in [0.25, 0.3) is 0 Å². The molecular formula is C26H27N5O3S. The Balaban J connectivity index is 1.60. The highest BCUT2D eigenvalue weighted by Gasteiger charge is 2.38. The molecule has 8 nitrogen and oxygen atoms in total. The first-order valence-electron chi connectivity index (χ1n) is 11.4. The van der Waals surface area contributed by atoms with Crippen LogP contribution in [0, 0.1) is 11.3 Å². The third kappa shape index (κ3) is 5.66. The number of esters is 1. The molecule has 0 aromatic heterocycles. The molecule has 4 rings (SSSR count). The van der Waals surface area contributed by atoms with Gasteiger partial charge in [-0.2, -0.15) is 5.26 Å². The second kappa shape index (κ2) is 10.7. The number of carbonyl (C=O) groups excluding carboxylic acids is 2. The Morgan fingerprint density at radius 3 is 2.63 bits per heavy atom. The third-order valence-electron chi connectivity index (χ3n) is 5.55. The van der Waals surface area contributed by atoms with Crippen LogP contribution in [0.2, 0.25) is 0 Å². The van der Waals surface area contributed by atoms with Crippen LogP contribution < -0.4 is 10.6 Å². The maximum atomic E-state index is 13.1. The lowest BCUT2D eigenvalue weighted by atomic mass is 9.94. The number of benzene rings is 2. The molecular weight excluding hydrogens is 462 g/mol. The van der Waals surface area contributed by atoms with Gasteiger partial charge in [0.2, 0.25) is 0 Å². The number of hydrogen-bond acceptors (Lipinski definition) is 7. The molecule has 0 saturated carbocycles. The molecule has 0 aliphatic carbocycles. The Morgan fingerprint density at radius 1 is 1.17 bits per heavy atom. The molecule has 2 N–H and O–H groups in total. The van der Waals surface area contributed by atoms with E-state index in [9.17, 15) is 9.59 Å². The van der Waals surface area contributed by atoms with Crippen molar-refractivity contribution in [2.45, 2.75) is 39.3 Å². The van der Waals surface area contributed by atoms with Crippen LogP contribution in [-0.4, -0.2) is 40.5 Å². The number of carbonyl (C=O) groups is 2. The number of nitrogens with one attached hydrogen (secondary N) is 2. The van der Waals surface area contributed by atoms with Gasteiger partial charge in [0.05, 0.1) is 35.0 Å². The second-order valence-electron chi connectivity index (χ2n) is 8.54. The summed E-state index contributed by atoms with van der Waals surface area (Å²) in [5.74, 6) is 0.607. The second-order valence-corrected chi connectivity index (χ2v) is 9.60. The normalized spacial score (nSPS) is 17.3. The summed E-state index contributed by atoms with van der Waals surface area (Å²) < 4.78 is 5.57. The van der Waals surface area contributed by atoms with Gasteiger partial charge in [0.15, 0.2) is 5.17 Å². The monoisotopic (exact) mass is 489 g/mol. The van der Waals surface area contributed by atoms with Crippen molar-refractivity contribution in [2.75, 3.05) is 22.9 Å². The number of nitrogens with zero attached hydrogens (tertiary/aromatic N) is 3. The number of ether oxygens (including phenoxy) is 1. The number of anilines is 2. The van der Waals surface area contributed by atoms with Gasteiger partial charge in [-0.15, -0.1) is 0 Å². The number of thioether (sulfide) groups is 1. The first-order valence-corrected chi connectivity index (χ1v) is 12.4. The number of fused-ring (bicyclic) bond motifs is 1. The van der Waals surface area contributed by atoms with Crippen molar-refractivity contribution >= 4 is 40.3 Å². The Morgan fingerprint density at radius 2 is 1.91 bits per heavy atom. The van der Waals surface area contributed by atoms with Gasteiger partial charge in [-0.3, -0.25) is 0 Å². The molecule has 35 heavy (non-hydrogen) atoms. The molecule has 1 atom stereocenters. The van der Waals surface area contributed by atoms with E-state index in [1.165, 1.54) is 0 Å². The van der Waals surface area contributed by atoms with Crippen molar-refractivity contribution in [1.82, 2.24) is 4.90 Å². The average molecular weight is 490 g/mol. The van der Waals surface area contributed by atoms with Gasteiger partial charge < -0.3 is 20.3 Å². The molecule has 180 valence electrons. The lowest BCUT2D eigenvalue weighted by Gasteiger charge is -2.40. The molecule has 2 heterocycles. The van der Waals surface area contributed by atoms with E-state index in [1.807, 2.05) is 39.0 Å². The van der Waals surface area contributed by atoms with Crippen LogP contribution in [0.4, 0.5) is 16.2 Å². The topological polar surface area (TPSA) is 107 Å². The number of amides is 2. The largest absolute Gasteiger partial charge is 0.459 e. The molecule has 1 unspecified atom stereocenters. The fourth-order valence-electron chi connectivity index (χ4n) is 4.06. The fourth-order valence-corrected chi connectivity index (χ4v) is 5.08. The number of rotatable bonds is 5. The van der Waals surface area contributed by atoms with Crippen molar-refractivity contribution < 1.29 is 14.3 Å². The highest BCUT2D eigenvalue weighted by atomic mass is 32.2. The summed E-state index contributed by atoms with van der Waals surface area (Å²) >= 11 is 1.69. The Hall–Kier alpha value is -3.77. The van der Waals surface area contributed by atoms with E-state index in [4.69, 9.17) is 15.0 Å². The van der Waals surface area contributed by atoms with E-state index in [-0.39, 0.29) is 18.1 Å². The van der Waals surface area contributed by atoms with Gasteiger partial charge in [-0.05, 0) is 69.2 Å². The summed E-state index contributed by atoms with van der Waals surface area (Å²) in [6.07, 6.45) is 0.736. The summed E-state index contributed by atoms with van der Waals surface area (Å²) in [5, 5.41) is 15.5. The zero-order valence-corrected chi connectivity index (χ0v) is 20.7. The molecule has 1 fully saturated rings. The molecule has 0 spiro atoms. The lowest BCUT2D eigenvalue weighted by Crippen LogP contribution is -2.42. The summed E-state index contributed by atoms with van der Waals surface area (Å²) in [6.45, 7) is 6.28. The molecule has 2 aromatic rings. The number of aliphatic imine (C=N–C) groups is 1. The van der Waals surface area contributed by atoms with E-state index >= 15 is 0 Å². The number of nitriles is 1. The third-order valence-corrected chi connectivity index (χ3v) is 6.63. The smallest absolute Gasteiger partial charge is 0.338 e. The van der Waals surface area contributed by atoms with Crippen LogP contribution in [0.1, 0.15) is 44.4 Å². The zero-order valence-electron chi connectivity index (χ0n) is 19.9. The first kappa shape index (κ1) is 24.4. The standard InChI is InChI=1S/C26H27N5O3S/c1-16(2)34-24(32)22-17(3)28-26-31(12-5-13-35-26)23(22)19-6-4-7-21(14-19)30-25(33)29-20-10-8-18(15-27)9-11-20/h4,6-11,14,16,23H,5,12-13H2,1-3H3,(H2,29,30,33). The van der Waals surface area contributed by atoms with Gasteiger partial charge in [0.25, 0.3) is 0 Å². The highest BCUT2D eigenvalue weighted by molar-refractivity contribution is 8.13. The predicted molar refractivity (Wildman–Crippen MR) is 138 cm³/mol. The minimum atomic E-state index is -0.405. The highest BCUT2D eigenvalue weighted by Crippen LogP contribution is 2.40. The van der Waals surface area contributed by atoms with Crippen molar-refractivity contribution in [2.24, 2.45) is 4.99 Å². The minimum absolute atomic E-state index is 0.247. The molecule has 2 amide bonds. The SMILES string of the molecule is CC1=C(C(=O)OC(C)C)C(c2cccc(NC(=O)Nc3ccc(C#N)cc3)c2)N2CCCSC2=N1. The van der Waals surface area contributed by atoms with Crippen LogP contribution in [0.5, 0.6) is 0 Å². The van der Waals surface area contributed by atoms with E-state index in [0.29, 0.717) is 28.2 Å². The van der Waals surface area contributed by atoms with E-state index in [2.05, 4.69) is 21.6 Å². The number of hydrogen-bond donors (Lipinski definition) is 2. The minimum Gasteiger partial charge on any atom is -0.459 e. The molecule has 2 aliphatic heterocycles. The van der Waals surface area contributed by atoms with Crippen LogP contribution in [0.15, 0.2) is 64.8 Å². The molecule has 2 aliphatic rings. The van der Waals surface area contributed by atoms with Crippen molar-refractivity contribution in [1.29, 1.82) is 5.26 Å². The van der Waals surface area contributed by atoms with Crippen molar-refractivity contribution in [3.8, 4) is 6.07 Å². The van der Waals surface area contributed by atoms with E-state index in [0.717, 1.165) is 29.4 Å². The summed E-state index contributed by atoms with van der Waals surface area (Å²) in [6, 6.07) is 15.4. The van der Waals surface area contributed by atoms with Crippen molar-refractivity contribution in [3.05, 3.63) is 70.9 Å². The quantitative estimate of drug-likeness (QED) is 0.554. The number of urea groups is 1. The molecule has 0 bridgehead atoms. The van der Waals surface area contributed by atoms with Gasteiger partial charge >= 0.3 is 12.0 Å². The van der Waals surface area contributed by atoms with Crippen LogP contribution in [-0.2, 0) is 9.53 Å². The van der Waals surface area contributed by atoms with E-state index < -0.39 is 6.03 Å². The maximum absolute atomic E-state index is 13.1. The van der Waals surface area contributed by atoms with Crippen molar-refractivity contribution in [3.63, 3.8) is 0 Å². The predicted octanol–water partition coefficient (Wildman–Crippen LogP) is 5.28. The summed E-state index contributed by atoms with van der Waals surface area (Å²) in [7, 11) is 0. The summed E-state index contributed by atoms with van der Waals surface area (Å²) in [5.41, 5.74) is 3.73. The van der Waals surface area contributed by atoms with E-state index in [1.54, 1.807) is 42.1 Å². The molecule has 9 heteroatoms. The first-order chi connectivity index (χ1) is 16.9. The Labute approximate surface area is 209 Å². The van der Waals surface area contributed by atoms with Gasteiger partial charge in [-0.1, -0.05) is 23.9 Å². The molecule has 1 saturated heterocycles.